The summed E-state index contributed by atoms with van der Waals surface area (Å²) in [6.07, 6.45) is 4.52. The Hall–Kier alpha value is -2.18. The van der Waals surface area contributed by atoms with Crippen LogP contribution in [0.15, 0.2) is 42.7 Å². The minimum Gasteiger partial charge on any atom is -0.453 e. The van der Waals surface area contributed by atoms with Crippen LogP contribution in [0.1, 0.15) is 32.3 Å². The Morgan fingerprint density at radius 1 is 1.40 bits per heavy atom. The third-order valence-corrected chi connectivity index (χ3v) is 3.60. The molecule has 1 aromatic heterocycles. The van der Waals surface area contributed by atoms with Crippen LogP contribution in [0.5, 0.6) is 11.5 Å². The van der Waals surface area contributed by atoms with Crippen LogP contribution < -0.4 is 15.8 Å². The van der Waals surface area contributed by atoms with Gasteiger partial charge in [0.2, 0.25) is 5.91 Å². The van der Waals surface area contributed by atoms with Crippen LogP contribution in [-0.2, 0) is 11.3 Å². The highest BCUT2D eigenvalue weighted by Gasteiger charge is 2.26. The summed E-state index contributed by atoms with van der Waals surface area (Å²) in [5, 5.41) is 2.74. The Labute approximate surface area is 153 Å². The van der Waals surface area contributed by atoms with Crippen LogP contribution in [0.25, 0.3) is 0 Å². The fourth-order valence-electron chi connectivity index (χ4n) is 2.29. The molecule has 0 saturated heterocycles. The Bertz CT molecular complexity index is 696. The number of hydrogen-bond donors (Lipinski definition) is 2. The monoisotopic (exact) mass is 367 g/mol. The Balaban J connectivity index is 0.00000312. The van der Waals surface area contributed by atoms with Gasteiger partial charge in [-0.05, 0) is 43.2 Å². The number of nitrogens with one attached hydrogen (secondary N) is 1. The summed E-state index contributed by atoms with van der Waals surface area (Å²) < 4.78 is 19.6. The molecule has 0 saturated carbocycles. The molecule has 25 heavy (non-hydrogen) atoms. The summed E-state index contributed by atoms with van der Waals surface area (Å²) in [5.74, 6) is -0.196. The Kier molecular flexibility index (Phi) is 7.80. The molecule has 7 heteroatoms. The van der Waals surface area contributed by atoms with Crippen molar-refractivity contribution in [2.24, 2.45) is 5.73 Å². The molecule has 2 rings (SSSR count). The predicted molar refractivity (Wildman–Crippen MR) is 97.3 cm³/mol. The molecular weight excluding hydrogens is 345 g/mol. The van der Waals surface area contributed by atoms with Crippen molar-refractivity contribution in [3.8, 4) is 11.5 Å². The minimum atomic E-state index is -0.920. The largest absolute Gasteiger partial charge is 0.453 e. The van der Waals surface area contributed by atoms with E-state index in [1.807, 2.05) is 6.92 Å². The van der Waals surface area contributed by atoms with Gasteiger partial charge in [-0.15, -0.1) is 12.4 Å². The number of carbonyl (C=O) groups is 1. The van der Waals surface area contributed by atoms with Crippen LogP contribution >= 0.6 is 12.4 Å². The van der Waals surface area contributed by atoms with Gasteiger partial charge in [0.25, 0.3) is 0 Å². The van der Waals surface area contributed by atoms with E-state index in [1.165, 1.54) is 18.3 Å². The number of amides is 1. The fourth-order valence-corrected chi connectivity index (χ4v) is 2.29. The smallest absolute Gasteiger partial charge is 0.240 e. The van der Waals surface area contributed by atoms with Crippen molar-refractivity contribution < 1.29 is 13.9 Å². The van der Waals surface area contributed by atoms with Crippen LogP contribution in [0, 0.1) is 5.82 Å². The lowest BCUT2D eigenvalue weighted by Crippen LogP contribution is -2.51. The molecule has 1 amide bonds. The lowest BCUT2D eigenvalue weighted by molar-refractivity contribution is -0.126. The van der Waals surface area contributed by atoms with Crippen molar-refractivity contribution in [3.05, 3.63) is 54.1 Å². The number of carbonyl (C=O) groups excluding carboxylic acids is 1. The van der Waals surface area contributed by atoms with Gasteiger partial charge in [-0.3, -0.25) is 9.78 Å². The van der Waals surface area contributed by atoms with Gasteiger partial charge in [-0.25, -0.2) is 4.39 Å². The number of benzene rings is 1. The number of rotatable bonds is 7. The van der Waals surface area contributed by atoms with Gasteiger partial charge in [0.15, 0.2) is 11.6 Å². The molecule has 0 fully saturated rings. The first-order valence-electron chi connectivity index (χ1n) is 7.86. The molecule has 1 aromatic carbocycles. The van der Waals surface area contributed by atoms with E-state index in [9.17, 15) is 9.18 Å². The predicted octanol–water partition coefficient (Wildman–Crippen LogP) is 3.57. The van der Waals surface area contributed by atoms with Crippen LogP contribution in [0.3, 0.4) is 0 Å². The molecule has 0 radical (unpaired) electrons. The minimum absolute atomic E-state index is 0. The summed E-state index contributed by atoms with van der Waals surface area (Å²) in [5.41, 5.74) is 5.67. The Morgan fingerprint density at radius 3 is 2.76 bits per heavy atom. The molecule has 1 unspecified atom stereocenters. The van der Waals surface area contributed by atoms with Gasteiger partial charge in [0, 0.05) is 12.7 Å². The van der Waals surface area contributed by atoms with E-state index in [4.69, 9.17) is 10.5 Å². The second kappa shape index (κ2) is 9.34. The average molecular weight is 368 g/mol. The maximum atomic E-state index is 14.1. The van der Waals surface area contributed by atoms with Gasteiger partial charge >= 0.3 is 0 Å². The highest BCUT2D eigenvalue weighted by Crippen LogP contribution is 2.24. The molecule has 3 N–H and O–H groups in total. The Morgan fingerprint density at radius 2 is 2.16 bits per heavy atom. The van der Waals surface area contributed by atoms with Gasteiger partial charge < -0.3 is 15.8 Å². The number of hydrogen-bond acceptors (Lipinski definition) is 4. The first-order chi connectivity index (χ1) is 11.4. The SMILES string of the molecule is CCCC(C)(N)C(=O)NCc1ccc(Oc2cccnc2)c(F)c1.Cl. The van der Waals surface area contributed by atoms with Crippen LogP contribution in [-0.4, -0.2) is 16.4 Å². The zero-order valence-electron chi connectivity index (χ0n) is 14.3. The molecule has 0 aliphatic heterocycles. The van der Waals surface area contributed by atoms with Gasteiger partial charge in [-0.2, -0.15) is 0 Å². The number of nitrogens with two attached hydrogens (primary N) is 1. The van der Waals surface area contributed by atoms with Crippen molar-refractivity contribution in [1.29, 1.82) is 0 Å². The molecule has 1 heterocycles. The number of pyridine rings is 1. The quantitative estimate of drug-likeness (QED) is 0.784. The number of halogens is 2. The highest BCUT2D eigenvalue weighted by atomic mass is 35.5. The van der Waals surface area contributed by atoms with E-state index < -0.39 is 11.4 Å². The van der Waals surface area contributed by atoms with Crippen molar-refractivity contribution >= 4 is 18.3 Å². The normalized spacial score (nSPS) is 12.6. The average Bonchev–Trinajstić information content (AvgIpc) is 2.55. The topological polar surface area (TPSA) is 77.2 Å². The molecule has 0 bridgehead atoms. The maximum absolute atomic E-state index is 14.1. The lowest BCUT2D eigenvalue weighted by atomic mass is 9.96. The third kappa shape index (κ3) is 5.99. The standard InChI is InChI=1S/C18H22FN3O2.ClH/c1-3-8-18(2,20)17(23)22-11-13-6-7-16(15(19)10-13)24-14-5-4-9-21-12-14;/h4-7,9-10,12H,3,8,11,20H2,1-2H3,(H,22,23);1H. The number of aromatic nitrogens is 1. The third-order valence-electron chi connectivity index (χ3n) is 3.60. The van der Waals surface area contributed by atoms with E-state index in [-0.39, 0.29) is 30.6 Å². The van der Waals surface area contributed by atoms with E-state index in [2.05, 4.69) is 10.3 Å². The molecule has 2 aromatic rings. The maximum Gasteiger partial charge on any atom is 0.240 e. The zero-order chi connectivity index (χ0) is 17.6. The van der Waals surface area contributed by atoms with Crippen molar-refractivity contribution in [2.45, 2.75) is 38.8 Å². The summed E-state index contributed by atoms with van der Waals surface area (Å²) in [7, 11) is 0. The van der Waals surface area contributed by atoms with Gasteiger partial charge in [-0.1, -0.05) is 19.4 Å². The van der Waals surface area contributed by atoms with Gasteiger partial charge in [0.05, 0.1) is 11.7 Å². The first-order valence-corrected chi connectivity index (χ1v) is 7.86. The second-order valence-corrected chi connectivity index (χ2v) is 5.91. The van der Waals surface area contributed by atoms with Gasteiger partial charge in [0.1, 0.15) is 5.75 Å². The van der Waals surface area contributed by atoms with E-state index >= 15 is 0 Å². The molecule has 0 aliphatic carbocycles. The lowest BCUT2D eigenvalue weighted by Gasteiger charge is -2.22. The number of nitrogens with zero attached hydrogens (tertiary/aromatic N) is 1. The molecular formula is C18H23ClFN3O2. The molecule has 5 nitrogen and oxygen atoms in total. The van der Waals surface area contributed by atoms with Crippen molar-refractivity contribution in [3.63, 3.8) is 0 Å². The van der Waals surface area contributed by atoms with E-state index in [1.54, 1.807) is 31.3 Å². The molecule has 1 atom stereocenters. The van der Waals surface area contributed by atoms with E-state index in [0.717, 1.165) is 6.42 Å². The van der Waals surface area contributed by atoms with Crippen molar-refractivity contribution in [1.82, 2.24) is 10.3 Å². The van der Waals surface area contributed by atoms with E-state index in [0.29, 0.717) is 17.7 Å². The summed E-state index contributed by atoms with van der Waals surface area (Å²) in [4.78, 5) is 16.0. The second-order valence-electron chi connectivity index (χ2n) is 5.91. The zero-order valence-corrected chi connectivity index (χ0v) is 15.1. The fraction of sp³-hybridized carbons (Fsp3) is 0.333. The first kappa shape index (κ1) is 20.9. The summed E-state index contributed by atoms with van der Waals surface area (Å²) in [6, 6.07) is 7.95. The molecule has 0 aliphatic rings. The summed E-state index contributed by atoms with van der Waals surface area (Å²) >= 11 is 0. The highest BCUT2D eigenvalue weighted by molar-refractivity contribution is 5.85. The van der Waals surface area contributed by atoms with Crippen LogP contribution in [0.2, 0.25) is 0 Å². The van der Waals surface area contributed by atoms with Crippen LogP contribution in [0.4, 0.5) is 4.39 Å². The van der Waals surface area contributed by atoms with Crippen molar-refractivity contribution in [2.75, 3.05) is 0 Å². The molecule has 0 spiro atoms. The summed E-state index contributed by atoms with van der Waals surface area (Å²) in [6.45, 7) is 3.87. The molecule has 136 valence electrons. The number of ether oxygens (including phenoxy) is 1.